The van der Waals surface area contributed by atoms with Gasteiger partial charge in [0.1, 0.15) is 0 Å². The fourth-order valence-electron chi connectivity index (χ4n) is 0.604. The van der Waals surface area contributed by atoms with Crippen LogP contribution in [0, 0.1) is 10.7 Å². The van der Waals surface area contributed by atoms with Crippen LogP contribution >= 0.6 is 67.8 Å². The lowest BCUT2D eigenvalue weighted by Gasteiger charge is -2.02. The quantitative estimate of drug-likeness (QED) is 0.474. The van der Waals surface area contributed by atoms with Gasteiger partial charge in [-0.3, -0.25) is 0 Å². The molecule has 1 aromatic rings. The molecule has 2 nitrogen and oxygen atoms in total. The normalized spacial score (nSPS) is 12.2. The molecule has 0 radical (unpaired) electrons. The van der Waals surface area contributed by atoms with E-state index in [9.17, 15) is 4.79 Å². The number of carboxylic acid groups (broad SMARTS) is 1. The molecule has 1 N–H and O–H groups in total. The molecular weight excluding hydrogens is 497 g/mol. The number of aromatic carboxylic acids is 1. The molecule has 0 spiro atoms. The molecular formula is C7H3I3O2. The molecule has 64 valence electrons. The average Bonchev–Trinajstić information content (AvgIpc) is 2.11. The third-order valence-corrected chi connectivity index (χ3v) is 4.54. The second-order valence-electron chi connectivity index (χ2n) is 1.87. The summed E-state index contributed by atoms with van der Waals surface area (Å²) in [5.74, 6) is -1.12. The number of hydrogen-bond donors (Lipinski definition) is 1. The number of carbonyl (C=O) groups is 1. The summed E-state index contributed by atoms with van der Waals surface area (Å²) < 4.78 is 16.6. The van der Waals surface area contributed by atoms with Crippen LogP contribution in [0.15, 0.2) is 12.1 Å². The summed E-state index contributed by atoms with van der Waals surface area (Å²) in [5, 5.41) is 8.89. The lowest BCUT2D eigenvalue weighted by atomic mass is 10.2. The lowest BCUT2D eigenvalue weighted by Crippen LogP contribution is -2.01. The van der Waals surface area contributed by atoms with Gasteiger partial charge in [0.05, 0.1) is 8.30 Å². The third kappa shape index (κ3) is 2.44. The second-order valence-corrected chi connectivity index (χ2v) is 5.11. The van der Waals surface area contributed by atoms with Crippen molar-refractivity contribution in [3.63, 3.8) is 0 Å². The molecule has 0 heterocycles. The first-order chi connectivity index (χ1) is 6.37. The Kier molecular flexibility index (Phi) is 3.01. The minimum Gasteiger partial charge on any atom is -0.478 e. The van der Waals surface area contributed by atoms with Crippen molar-refractivity contribution in [3.05, 3.63) is 28.4 Å². The van der Waals surface area contributed by atoms with E-state index in [4.69, 9.17) is 7.85 Å². The molecule has 0 fully saturated rings. The van der Waals surface area contributed by atoms with Crippen LogP contribution in [0.4, 0.5) is 0 Å². The number of rotatable bonds is 1. The van der Waals surface area contributed by atoms with Gasteiger partial charge >= 0.3 is 5.97 Å². The number of carboxylic acids is 1. The molecule has 0 aliphatic rings. The van der Waals surface area contributed by atoms with Crippen LogP contribution in [-0.2, 0) is 0 Å². The van der Waals surface area contributed by atoms with E-state index in [1.807, 2.05) is 67.8 Å². The molecule has 12 heavy (non-hydrogen) atoms. The van der Waals surface area contributed by atoms with Gasteiger partial charge in [0.15, 0.2) is 0 Å². The van der Waals surface area contributed by atoms with Crippen molar-refractivity contribution in [1.29, 1.82) is 0 Å². The van der Waals surface area contributed by atoms with Crippen molar-refractivity contribution in [2.45, 2.75) is 0 Å². The Labute approximate surface area is 113 Å². The molecule has 1 aromatic carbocycles. The summed E-state index contributed by atoms with van der Waals surface area (Å²) in [6.45, 7) is 0. The van der Waals surface area contributed by atoms with Gasteiger partial charge in [-0.15, -0.1) is 0 Å². The molecule has 0 amide bonds. The van der Waals surface area contributed by atoms with Gasteiger partial charge in [-0.25, -0.2) is 4.79 Å². The predicted molar refractivity (Wildman–Crippen MR) is 71.6 cm³/mol. The SMILES string of the molecule is [2H]c1c(I)c([2H])c(C(=O)O)c(I)c1I. The standard InChI is InChI=1S/C7H3I3O2/c8-3-1-4(7(11)12)6(10)5(9)2-3/h1-2H,(H,11,12)/i1D,2D. The molecule has 0 atom stereocenters. The van der Waals surface area contributed by atoms with E-state index in [-0.39, 0.29) is 17.6 Å². The van der Waals surface area contributed by atoms with Gasteiger partial charge in [-0.05, 0) is 79.9 Å². The fourth-order valence-corrected chi connectivity index (χ4v) is 2.70. The first-order valence-corrected chi connectivity index (χ1v) is 5.98. The minimum atomic E-state index is -1.12. The van der Waals surface area contributed by atoms with Crippen LogP contribution in [0.5, 0.6) is 0 Å². The molecule has 0 aliphatic carbocycles. The lowest BCUT2D eigenvalue weighted by molar-refractivity contribution is 0.0695. The highest BCUT2D eigenvalue weighted by Crippen LogP contribution is 2.22. The summed E-state index contributed by atoms with van der Waals surface area (Å²) in [7, 11) is 0. The van der Waals surface area contributed by atoms with E-state index in [1.165, 1.54) is 0 Å². The van der Waals surface area contributed by atoms with Gasteiger partial charge < -0.3 is 5.11 Å². The van der Waals surface area contributed by atoms with Gasteiger partial charge in [0.2, 0.25) is 0 Å². The van der Waals surface area contributed by atoms with Crippen molar-refractivity contribution >= 4 is 73.7 Å². The molecule has 0 bridgehead atoms. The highest BCUT2D eigenvalue weighted by molar-refractivity contribution is 14.1. The summed E-state index contributed by atoms with van der Waals surface area (Å²) in [6.07, 6.45) is 0. The Balaban J connectivity index is 3.68. The van der Waals surface area contributed by atoms with E-state index < -0.39 is 5.97 Å². The predicted octanol–water partition coefficient (Wildman–Crippen LogP) is 3.20. The van der Waals surface area contributed by atoms with Gasteiger partial charge in [-0.1, -0.05) is 0 Å². The number of halogens is 3. The Morgan fingerprint density at radius 2 is 2.00 bits per heavy atom. The smallest absolute Gasteiger partial charge is 0.336 e. The fraction of sp³-hybridized carbons (Fsp3) is 0. The van der Waals surface area contributed by atoms with Crippen LogP contribution < -0.4 is 0 Å². The highest BCUT2D eigenvalue weighted by Gasteiger charge is 2.11. The Morgan fingerprint density at radius 1 is 1.42 bits per heavy atom. The molecule has 0 unspecified atom stereocenters. The number of hydrogen-bond acceptors (Lipinski definition) is 1. The van der Waals surface area contributed by atoms with Crippen molar-refractivity contribution < 1.29 is 12.6 Å². The largest absolute Gasteiger partial charge is 0.478 e. The van der Waals surface area contributed by atoms with Crippen molar-refractivity contribution in [2.24, 2.45) is 0 Å². The Hall–Kier alpha value is 0.880. The minimum absolute atomic E-state index is 0.0181. The summed E-state index contributed by atoms with van der Waals surface area (Å²) in [6, 6.07) is 0.151. The zero-order chi connectivity index (χ0) is 11.0. The van der Waals surface area contributed by atoms with Gasteiger partial charge in [0, 0.05) is 10.7 Å². The third-order valence-electron chi connectivity index (χ3n) is 1.08. The first-order valence-electron chi connectivity index (χ1n) is 3.74. The Morgan fingerprint density at radius 3 is 2.50 bits per heavy atom. The van der Waals surface area contributed by atoms with E-state index in [2.05, 4.69) is 0 Å². The summed E-state index contributed by atoms with van der Waals surface area (Å²) >= 11 is 5.60. The van der Waals surface area contributed by atoms with Gasteiger partial charge in [0.25, 0.3) is 0 Å². The summed E-state index contributed by atoms with van der Waals surface area (Å²) in [5.41, 5.74) is -0.0181. The maximum atomic E-state index is 10.9. The van der Waals surface area contributed by atoms with Crippen molar-refractivity contribution in [1.82, 2.24) is 0 Å². The molecule has 0 aliphatic heterocycles. The molecule has 5 heteroatoms. The number of benzene rings is 1. The molecule has 0 saturated carbocycles. The first kappa shape index (κ1) is 8.21. The Bertz CT molecular complexity index is 391. The van der Waals surface area contributed by atoms with E-state index in [1.54, 1.807) is 0 Å². The maximum Gasteiger partial charge on any atom is 0.336 e. The van der Waals surface area contributed by atoms with Gasteiger partial charge in [-0.2, -0.15) is 0 Å². The van der Waals surface area contributed by atoms with Crippen molar-refractivity contribution in [2.75, 3.05) is 0 Å². The zero-order valence-corrected chi connectivity index (χ0v) is 12.0. The zero-order valence-electron chi connectivity index (χ0n) is 7.49. The van der Waals surface area contributed by atoms with Crippen molar-refractivity contribution in [3.8, 4) is 0 Å². The maximum absolute atomic E-state index is 10.9. The van der Waals surface area contributed by atoms with E-state index in [0.29, 0.717) is 10.7 Å². The highest BCUT2D eigenvalue weighted by atomic mass is 127. The van der Waals surface area contributed by atoms with Crippen LogP contribution in [0.1, 0.15) is 13.1 Å². The van der Waals surface area contributed by atoms with Crippen LogP contribution in [-0.4, -0.2) is 11.1 Å². The van der Waals surface area contributed by atoms with E-state index >= 15 is 0 Å². The van der Waals surface area contributed by atoms with Crippen LogP contribution in [0.25, 0.3) is 0 Å². The average molecular weight is 502 g/mol. The molecule has 1 rings (SSSR count). The monoisotopic (exact) mass is 502 g/mol. The second kappa shape index (κ2) is 4.40. The molecule has 0 aromatic heterocycles. The van der Waals surface area contributed by atoms with E-state index in [0.717, 1.165) is 0 Å². The topological polar surface area (TPSA) is 37.3 Å². The van der Waals surface area contributed by atoms with Crippen LogP contribution in [0.3, 0.4) is 0 Å². The van der Waals surface area contributed by atoms with Crippen LogP contribution in [0.2, 0.25) is 0 Å². The molecule has 0 saturated heterocycles. The summed E-state index contributed by atoms with van der Waals surface area (Å²) in [4.78, 5) is 10.9.